The summed E-state index contributed by atoms with van der Waals surface area (Å²) < 4.78 is 21.2. The van der Waals surface area contributed by atoms with Crippen LogP contribution in [0.1, 0.15) is 44.6 Å². The molecule has 2 rings (SSSR count). The standard InChI is InChI=1S/C20H29NO6/c1-5-27-19(23)20(10-6-7-11-20)21-17(22)9-8-14-12-15(24-2)18(26-4)16(13-14)25-3/h12-13H,5-11H2,1-4H3,(H,21,22). The number of aryl methyl sites for hydroxylation is 1. The number of methoxy groups -OCH3 is 3. The Labute approximate surface area is 160 Å². The maximum absolute atomic E-state index is 12.5. The second-order valence-electron chi connectivity index (χ2n) is 6.59. The summed E-state index contributed by atoms with van der Waals surface area (Å²) in [7, 11) is 4.65. The fourth-order valence-electron chi connectivity index (χ4n) is 3.49. The first kappa shape index (κ1) is 20.9. The summed E-state index contributed by atoms with van der Waals surface area (Å²) in [5.41, 5.74) is 0.0128. The molecule has 0 unspecified atom stereocenters. The van der Waals surface area contributed by atoms with Gasteiger partial charge in [-0.05, 0) is 43.9 Å². The maximum Gasteiger partial charge on any atom is 0.331 e. The fraction of sp³-hybridized carbons (Fsp3) is 0.600. The molecule has 1 aliphatic rings. The fourth-order valence-corrected chi connectivity index (χ4v) is 3.49. The number of ether oxygens (including phenoxy) is 4. The van der Waals surface area contributed by atoms with E-state index in [2.05, 4.69) is 5.32 Å². The molecule has 0 radical (unpaired) electrons. The molecule has 1 N–H and O–H groups in total. The first-order valence-corrected chi connectivity index (χ1v) is 9.26. The lowest BCUT2D eigenvalue weighted by Gasteiger charge is -2.27. The van der Waals surface area contributed by atoms with E-state index in [9.17, 15) is 9.59 Å². The quantitative estimate of drug-likeness (QED) is 0.664. The van der Waals surface area contributed by atoms with Crippen LogP contribution in [0.5, 0.6) is 17.2 Å². The van der Waals surface area contributed by atoms with Gasteiger partial charge in [-0.25, -0.2) is 4.79 Å². The Morgan fingerprint density at radius 3 is 2.11 bits per heavy atom. The maximum atomic E-state index is 12.5. The van der Waals surface area contributed by atoms with Gasteiger partial charge in [0.25, 0.3) is 0 Å². The van der Waals surface area contributed by atoms with E-state index in [4.69, 9.17) is 18.9 Å². The zero-order chi connectivity index (χ0) is 19.9. The van der Waals surface area contributed by atoms with Gasteiger partial charge in [0.15, 0.2) is 11.5 Å². The third-order valence-electron chi connectivity index (χ3n) is 4.87. The van der Waals surface area contributed by atoms with Crippen molar-refractivity contribution < 1.29 is 28.5 Å². The van der Waals surface area contributed by atoms with Gasteiger partial charge in [0.1, 0.15) is 5.54 Å². The van der Waals surface area contributed by atoms with Gasteiger partial charge in [0.05, 0.1) is 27.9 Å². The Hall–Kier alpha value is -2.44. The predicted octanol–water partition coefficient (Wildman–Crippen LogP) is 2.64. The number of nitrogens with one attached hydrogen (secondary N) is 1. The van der Waals surface area contributed by atoms with E-state index >= 15 is 0 Å². The highest BCUT2D eigenvalue weighted by Gasteiger charge is 2.43. The Morgan fingerprint density at radius 1 is 1.04 bits per heavy atom. The lowest BCUT2D eigenvalue weighted by Crippen LogP contribution is -2.53. The van der Waals surface area contributed by atoms with Gasteiger partial charge >= 0.3 is 5.97 Å². The second kappa shape index (κ2) is 9.48. The van der Waals surface area contributed by atoms with Crippen molar-refractivity contribution in [1.29, 1.82) is 0 Å². The lowest BCUT2D eigenvalue weighted by atomic mass is 9.97. The van der Waals surface area contributed by atoms with Crippen LogP contribution in [-0.2, 0) is 20.7 Å². The molecule has 0 spiro atoms. The summed E-state index contributed by atoms with van der Waals surface area (Å²) in [4.78, 5) is 24.8. The van der Waals surface area contributed by atoms with Crippen LogP contribution in [0, 0.1) is 0 Å². The van der Waals surface area contributed by atoms with Crippen molar-refractivity contribution in [3.05, 3.63) is 17.7 Å². The predicted molar refractivity (Wildman–Crippen MR) is 100 cm³/mol. The lowest BCUT2D eigenvalue weighted by molar-refractivity contribution is -0.153. The van der Waals surface area contributed by atoms with Crippen LogP contribution in [-0.4, -0.2) is 45.4 Å². The van der Waals surface area contributed by atoms with Crippen LogP contribution in [0.15, 0.2) is 12.1 Å². The first-order chi connectivity index (χ1) is 13.0. The van der Waals surface area contributed by atoms with Crippen molar-refractivity contribution in [2.45, 2.75) is 51.0 Å². The minimum Gasteiger partial charge on any atom is -0.493 e. The van der Waals surface area contributed by atoms with Crippen LogP contribution >= 0.6 is 0 Å². The highest BCUT2D eigenvalue weighted by Crippen LogP contribution is 2.38. The molecule has 0 aliphatic heterocycles. The minimum absolute atomic E-state index is 0.168. The van der Waals surface area contributed by atoms with Gasteiger partial charge in [-0.15, -0.1) is 0 Å². The van der Waals surface area contributed by atoms with Crippen molar-refractivity contribution in [2.75, 3.05) is 27.9 Å². The zero-order valence-electron chi connectivity index (χ0n) is 16.6. The largest absolute Gasteiger partial charge is 0.493 e. The average Bonchev–Trinajstić information content (AvgIpc) is 3.15. The molecule has 1 aromatic rings. The van der Waals surface area contributed by atoms with Gasteiger partial charge in [-0.1, -0.05) is 12.8 Å². The normalized spacial score (nSPS) is 15.1. The van der Waals surface area contributed by atoms with Crippen LogP contribution < -0.4 is 19.5 Å². The van der Waals surface area contributed by atoms with Crippen LogP contribution in [0.4, 0.5) is 0 Å². The van der Waals surface area contributed by atoms with E-state index in [0.29, 0.717) is 43.1 Å². The SMILES string of the molecule is CCOC(=O)C1(NC(=O)CCc2cc(OC)c(OC)c(OC)c2)CCCC1. The van der Waals surface area contributed by atoms with Crippen molar-refractivity contribution in [1.82, 2.24) is 5.32 Å². The molecular formula is C20H29NO6. The molecule has 7 nitrogen and oxygen atoms in total. The molecule has 1 aliphatic carbocycles. The first-order valence-electron chi connectivity index (χ1n) is 9.26. The number of esters is 1. The molecule has 1 saturated carbocycles. The average molecular weight is 379 g/mol. The molecule has 27 heavy (non-hydrogen) atoms. The third-order valence-corrected chi connectivity index (χ3v) is 4.87. The van der Waals surface area contributed by atoms with Gasteiger partial charge in [-0.3, -0.25) is 4.79 Å². The summed E-state index contributed by atoms with van der Waals surface area (Å²) >= 11 is 0. The molecule has 1 aromatic carbocycles. The number of rotatable bonds is 9. The summed E-state index contributed by atoms with van der Waals surface area (Å²) in [6, 6.07) is 3.65. The zero-order valence-corrected chi connectivity index (χ0v) is 16.6. The number of benzene rings is 1. The van der Waals surface area contributed by atoms with Crippen LogP contribution in [0.3, 0.4) is 0 Å². The molecular weight excluding hydrogens is 350 g/mol. The van der Waals surface area contributed by atoms with E-state index in [0.717, 1.165) is 18.4 Å². The van der Waals surface area contributed by atoms with Gasteiger partial charge in [-0.2, -0.15) is 0 Å². The monoisotopic (exact) mass is 379 g/mol. The van der Waals surface area contributed by atoms with Crippen molar-refractivity contribution in [3.63, 3.8) is 0 Å². The molecule has 7 heteroatoms. The molecule has 0 heterocycles. The van der Waals surface area contributed by atoms with Crippen molar-refractivity contribution in [3.8, 4) is 17.2 Å². The number of hydrogen-bond acceptors (Lipinski definition) is 6. The van der Waals surface area contributed by atoms with Crippen molar-refractivity contribution >= 4 is 11.9 Å². The Bertz CT molecular complexity index is 641. The molecule has 150 valence electrons. The van der Waals surface area contributed by atoms with Gasteiger partial charge in [0, 0.05) is 6.42 Å². The van der Waals surface area contributed by atoms with E-state index in [1.807, 2.05) is 12.1 Å². The minimum atomic E-state index is -0.873. The highest BCUT2D eigenvalue weighted by atomic mass is 16.5. The molecule has 1 amide bonds. The smallest absolute Gasteiger partial charge is 0.331 e. The summed E-state index contributed by atoms with van der Waals surface area (Å²) in [6.07, 6.45) is 3.81. The van der Waals surface area contributed by atoms with Gasteiger partial charge in [0.2, 0.25) is 11.7 Å². The summed E-state index contributed by atoms with van der Waals surface area (Å²) in [6.45, 7) is 2.08. The Morgan fingerprint density at radius 2 is 1.63 bits per heavy atom. The van der Waals surface area contributed by atoms with E-state index < -0.39 is 5.54 Å². The summed E-state index contributed by atoms with van der Waals surface area (Å²) in [5.74, 6) is 1.11. The van der Waals surface area contributed by atoms with Crippen LogP contribution in [0.25, 0.3) is 0 Å². The third kappa shape index (κ3) is 4.84. The molecule has 0 aromatic heterocycles. The highest BCUT2D eigenvalue weighted by molar-refractivity contribution is 5.88. The molecule has 0 atom stereocenters. The van der Waals surface area contributed by atoms with E-state index in [1.165, 1.54) is 0 Å². The number of hydrogen-bond donors (Lipinski definition) is 1. The number of amides is 1. The van der Waals surface area contributed by atoms with Gasteiger partial charge < -0.3 is 24.3 Å². The Balaban J connectivity index is 2.05. The Kier molecular flexibility index (Phi) is 7.33. The van der Waals surface area contributed by atoms with Crippen LogP contribution in [0.2, 0.25) is 0 Å². The molecule has 1 fully saturated rings. The second-order valence-corrected chi connectivity index (χ2v) is 6.59. The van der Waals surface area contributed by atoms with Crippen molar-refractivity contribution in [2.24, 2.45) is 0 Å². The number of carbonyl (C=O) groups excluding carboxylic acids is 2. The van der Waals surface area contributed by atoms with E-state index in [1.54, 1.807) is 28.3 Å². The van der Waals surface area contributed by atoms with E-state index in [-0.39, 0.29) is 18.3 Å². The molecule has 0 saturated heterocycles. The summed E-state index contributed by atoms with van der Waals surface area (Å²) in [5, 5.41) is 2.93. The number of carbonyl (C=O) groups is 2. The topological polar surface area (TPSA) is 83.1 Å². The molecule has 0 bridgehead atoms.